The van der Waals surface area contributed by atoms with Crippen molar-refractivity contribution < 1.29 is 9.90 Å². The lowest BCUT2D eigenvalue weighted by atomic mass is 9.90. The molecular formula is C14H23NO2S. The molecule has 2 N–H and O–H groups in total. The second-order valence-electron chi connectivity index (χ2n) is 5.39. The van der Waals surface area contributed by atoms with Crippen LogP contribution in [0.5, 0.6) is 0 Å². The van der Waals surface area contributed by atoms with Crippen LogP contribution in [0.2, 0.25) is 0 Å². The van der Waals surface area contributed by atoms with Crippen molar-refractivity contribution in [1.82, 2.24) is 5.32 Å². The zero-order chi connectivity index (χ0) is 13.8. The summed E-state index contributed by atoms with van der Waals surface area (Å²) in [6.45, 7) is 8.97. The highest BCUT2D eigenvalue weighted by Gasteiger charge is 2.19. The zero-order valence-corrected chi connectivity index (χ0v) is 12.5. The second-order valence-corrected chi connectivity index (χ2v) is 6.53. The molecule has 4 heteroatoms. The molecule has 1 aromatic rings. The van der Waals surface area contributed by atoms with Crippen molar-refractivity contribution in [2.75, 3.05) is 13.2 Å². The van der Waals surface area contributed by atoms with Crippen molar-refractivity contribution in [1.29, 1.82) is 0 Å². The molecule has 0 fully saturated rings. The van der Waals surface area contributed by atoms with Crippen LogP contribution in [0.1, 0.15) is 47.3 Å². The molecule has 0 unspecified atom stereocenters. The van der Waals surface area contributed by atoms with Gasteiger partial charge in [-0.2, -0.15) is 0 Å². The molecule has 0 aliphatic heterocycles. The molecule has 0 radical (unpaired) electrons. The quantitative estimate of drug-likeness (QED) is 0.834. The van der Waals surface area contributed by atoms with Crippen LogP contribution in [-0.2, 0) is 6.42 Å². The molecule has 102 valence electrons. The van der Waals surface area contributed by atoms with Gasteiger partial charge in [0.15, 0.2) is 0 Å². The molecule has 0 bridgehead atoms. The number of thiophene rings is 1. The van der Waals surface area contributed by atoms with Gasteiger partial charge in [0, 0.05) is 18.0 Å². The number of nitrogens with one attached hydrogen (secondary N) is 1. The number of amides is 1. The summed E-state index contributed by atoms with van der Waals surface area (Å²) in [7, 11) is 0. The lowest BCUT2D eigenvalue weighted by Gasteiger charge is -2.23. The van der Waals surface area contributed by atoms with Crippen LogP contribution in [0.25, 0.3) is 0 Å². The fourth-order valence-corrected chi connectivity index (χ4v) is 2.81. The number of hydrogen-bond acceptors (Lipinski definition) is 3. The Labute approximate surface area is 113 Å². The van der Waals surface area contributed by atoms with E-state index in [4.69, 9.17) is 5.11 Å². The van der Waals surface area contributed by atoms with Gasteiger partial charge in [0.1, 0.15) is 0 Å². The van der Waals surface area contributed by atoms with Crippen molar-refractivity contribution in [3.8, 4) is 0 Å². The molecule has 0 aliphatic carbocycles. The summed E-state index contributed by atoms with van der Waals surface area (Å²) >= 11 is 1.57. The summed E-state index contributed by atoms with van der Waals surface area (Å²) in [6, 6.07) is 1.96. The maximum absolute atomic E-state index is 12.0. The van der Waals surface area contributed by atoms with Gasteiger partial charge in [-0.3, -0.25) is 4.79 Å². The number of hydrogen-bond donors (Lipinski definition) is 2. The van der Waals surface area contributed by atoms with Gasteiger partial charge < -0.3 is 10.4 Å². The maximum Gasteiger partial charge on any atom is 0.261 e. The van der Waals surface area contributed by atoms with Crippen molar-refractivity contribution in [3.05, 3.63) is 21.4 Å². The predicted octanol–water partition coefficient (Wildman–Crippen LogP) is 2.76. The largest absolute Gasteiger partial charge is 0.396 e. The first-order chi connectivity index (χ1) is 8.39. The average molecular weight is 269 g/mol. The van der Waals surface area contributed by atoms with Crippen LogP contribution in [0.3, 0.4) is 0 Å². The molecule has 0 spiro atoms. The molecule has 1 heterocycles. The van der Waals surface area contributed by atoms with Crippen molar-refractivity contribution >= 4 is 17.2 Å². The standard InChI is InChI=1S/C14H23NO2S/c1-5-11-10(2)8-12(18-11)13(17)15-9-14(3,4)6-7-16/h8,16H,5-7,9H2,1-4H3,(H,15,17). The van der Waals surface area contributed by atoms with Gasteiger partial charge >= 0.3 is 0 Å². The Morgan fingerprint density at radius 1 is 1.50 bits per heavy atom. The lowest BCUT2D eigenvalue weighted by molar-refractivity contribution is 0.0932. The highest BCUT2D eigenvalue weighted by molar-refractivity contribution is 7.14. The van der Waals surface area contributed by atoms with E-state index in [9.17, 15) is 4.79 Å². The van der Waals surface area contributed by atoms with Crippen LogP contribution in [0.15, 0.2) is 6.07 Å². The minimum absolute atomic E-state index is 0.00573. The van der Waals surface area contributed by atoms with Crippen LogP contribution in [0, 0.1) is 12.3 Å². The van der Waals surface area contributed by atoms with E-state index in [2.05, 4.69) is 12.2 Å². The zero-order valence-electron chi connectivity index (χ0n) is 11.7. The number of aliphatic hydroxyl groups is 1. The molecule has 1 amide bonds. The molecule has 0 atom stereocenters. The maximum atomic E-state index is 12.0. The Morgan fingerprint density at radius 2 is 2.17 bits per heavy atom. The second kappa shape index (κ2) is 6.34. The summed E-state index contributed by atoms with van der Waals surface area (Å²) in [5.74, 6) is -0.00573. The molecule has 18 heavy (non-hydrogen) atoms. The number of rotatable bonds is 6. The minimum Gasteiger partial charge on any atom is -0.396 e. The summed E-state index contributed by atoms with van der Waals surface area (Å²) in [4.78, 5) is 14.1. The normalized spacial score (nSPS) is 11.6. The number of carbonyl (C=O) groups is 1. The van der Waals surface area contributed by atoms with Gasteiger partial charge in [-0.25, -0.2) is 0 Å². The lowest BCUT2D eigenvalue weighted by Crippen LogP contribution is -2.34. The summed E-state index contributed by atoms with van der Waals surface area (Å²) in [5.41, 5.74) is 1.13. The third-order valence-electron chi connectivity index (χ3n) is 3.08. The van der Waals surface area contributed by atoms with Crippen LogP contribution < -0.4 is 5.32 Å². The molecule has 0 saturated carbocycles. The molecular weight excluding hydrogens is 246 g/mol. The fraction of sp³-hybridized carbons (Fsp3) is 0.643. The minimum atomic E-state index is -0.0652. The van der Waals surface area contributed by atoms with E-state index in [0.717, 1.165) is 11.3 Å². The number of carbonyl (C=O) groups excluding carboxylic acids is 1. The first-order valence-corrected chi connectivity index (χ1v) is 7.19. The first-order valence-electron chi connectivity index (χ1n) is 6.38. The highest BCUT2D eigenvalue weighted by atomic mass is 32.1. The van der Waals surface area contributed by atoms with Gasteiger partial charge in [-0.15, -0.1) is 11.3 Å². The number of aliphatic hydroxyl groups excluding tert-OH is 1. The number of aryl methyl sites for hydroxylation is 2. The van der Waals surface area contributed by atoms with Crippen molar-refractivity contribution in [3.63, 3.8) is 0 Å². The molecule has 0 aliphatic rings. The van der Waals surface area contributed by atoms with E-state index in [1.807, 2.05) is 26.8 Å². The Hall–Kier alpha value is -0.870. The average Bonchev–Trinajstić information content (AvgIpc) is 2.67. The smallest absolute Gasteiger partial charge is 0.261 e. The Balaban J connectivity index is 2.60. The molecule has 1 aromatic heterocycles. The van der Waals surface area contributed by atoms with Crippen LogP contribution >= 0.6 is 11.3 Å². The molecule has 1 rings (SSSR count). The molecule has 0 saturated heterocycles. The van der Waals surface area contributed by atoms with Crippen LogP contribution in [0.4, 0.5) is 0 Å². The highest BCUT2D eigenvalue weighted by Crippen LogP contribution is 2.23. The summed E-state index contributed by atoms with van der Waals surface area (Å²) in [6.07, 6.45) is 1.66. The molecule has 3 nitrogen and oxygen atoms in total. The van der Waals surface area contributed by atoms with Gasteiger partial charge in [0.2, 0.25) is 0 Å². The van der Waals surface area contributed by atoms with E-state index >= 15 is 0 Å². The van der Waals surface area contributed by atoms with Gasteiger partial charge in [-0.1, -0.05) is 20.8 Å². The Bertz CT molecular complexity index is 410. The van der Waals surface area contributed by atoms with Gasteiger partial charge in [0.25, 0.3) is 5.91 Å². The predicted molar refractivity (Wildman–Crippen MR) is 76.3 cm³/mol. The van der Waals surface area contributed by atoms with E-state index in [0.29, 0.717) is 13.0 Å². The van der Waals surface area contributed by atoms with Crippen molar-refractivity contribution in [2.24, 2.45) is 5.41 Å². The monoisotopic (exact) mass is 269 g/mol. The summed E-state index contributed by atoms with van der Waals surface area (Å²) in [5, 5.41) is 11.9. The summed E-state index contributed by atoms with van der Waals surface area (Å²) < 4.78 is 0. The Morgan fingerprint density at radius 3 is 2.67 bits per heavy atom. The van der Waals surface area contributed by atoms with E-state index in [1.165, 1.54) is 10.4 Å². The fourth-order valence-electron chi connectivity index (χ4n) is 1.78. The third kappa shape index (κ3) is 4.10. The van der Waals surface area contributed by atoms with E-state index < -0.39 is 0 Å². The van der Waals surface area contributed by atoms with Crippen molar-refractivity contribution in [2.45, 2.75) is 40.5 Å². The van der Waals surface area contributed by atoms with E-state index in [-0.39, 0.29) is 17.9 Å². The van der Waals surface area contributed by atoms with E-state index in [1.54, 1.807) is 11.3 Å². The van der Waals surface area contributed by atoms with Crippen LogP contribution in [-0.4, -0.2) is 24.2 Å². The van der Waals surface area contributed by atoms with Gasteiger partial charge in [0.05, 0.1) is 4.88 Å². The third-order valence-corrected chi connectivity index (χ3v) is 4.46. The molecule has 0 aromatic carbocycles. The SMILES string of the molecule is CCc1sc(C(=O)NCC(C)(C)CCO)cc1C. The first kappa shape index (κ1) is 15.2. The topological polar surface area (TPSA) is 49.3 Å². The van der Waals surface area contributed by atoms with Gasteiger partial charge in [-0.05, 0) is 36.8 Å². The Kier molecular flexibility index (Phi) is 5.35.